The van der Waals surface area contributed by atoms with Gasteiger partial charge in [0.25, 0.3) is 0 Å². The van der Waals surface area contributed by atoms with Gasteiger partial charge in [-0.3, -0.25) is 9.59 Å². The number of anilines is 1. The van der Waals surface area contributed by atoms with E-state index in [0.29, 0.717) is 5.69 Å². The summed E-state index contributed by atoms with van der Waals surface area (Å²) < 4.78 is 5.06. The first-order valence-electron chi connectivity index (χ1n) is 10.6. The molecule has 4 atom stereocenters. The van der Waals surface area contributed by atoms with Crippen molar-refractivity contribution >= 4 is 40.3 Å². The van der Waals surface area contributed by atoms with Crippen molar-refractivity contribution in [2.45, 2.75) is 12.1 Å². The van der Waals surface area contributed by atoms with E-state index >= 15 is 0 Å². The number of ether oxygens (including phenoxy) is 1. The molecule has 2 amide bonds. The number of esters is 1. The van der Waals surface area contributed by atoms with Crippen LogP contribution < -0.4 is 4.90 Å². The molecule has 2 fully saturated rings. The van der Waals surface area contributed by atoms with Gasteiger partial charge < -0.3 is 9.64 Å². The number of nitrogens with zero attached hydrogens (tertiary/aromatic N) is 2. The van der Waals surface area contributed by atoms with Gasteiger partial charge in [0.2, 0.25) is 11.8 Å². The van der Waals surface area contributed by atoms with Crippen LogP contribution in [0.25, 0.3) is 16.8 Å². The Kier molecular flexibility index (Phi) is 3.99. The molecule has 3 aliphatic rings. The second-order valence-corrected chi connectivity index (χ2v) is 8.40. The molecular formula is C26H20N2O4. The number of amides is 2. The number of fused-ring (bicyclic) bond motifs is 6. The van der Waals surface area contributed by atoms with E-state index in [1.165, 1.54) is 12.0 Å². The summed E-state index contributed by atoms with van der Waals surface area (Å²) >= 11 is 0. The average Bonchev–Trinajstić information content (AvgIpc) is 3.31. The van der Waals surface area contributed by atoms with Crippen LogP contribution in [0.15, 0.2) is 72.9 Å². The van der Waals surface area contributed by atoms with Crippen LogP contribution in [0.1, 0.15) is 17.2 Å². The van der Waals surface area contributed by atoms with Crippen molar-refractivity contribution < 1.29 is 19.1 Å². The Morgan fingerprint density at radius 3 is 2.41 bits per heavy atom. The Labute approximate surface area is 184 Å². The first-order valence-corrected chi connectivity index (χ1v) is 10.6. The van der Waals surface area contributed by atoms with Crippen LogP contribution in [-0.4, -0.2) is 35.8 Å². The number of rotatable bonds is 2. The zero-order chi connectivity index (χ0) is 22.0. The van der Waals surface area contributed by atoms with Crippen molar-refractivity contribution in [3.8, 4) is 0 Å². The molecule has 3 aromatic carbocycles. The Hall–Kier alpha value is -3.93. The summed E-state index contributed by atoms with van der Waals surface area (Å²) in [5, 5.41) is 1.97. The maximum absolute atomic E-state index is 13.8. The molecule has 0 radical (unpaired) electrons. The van der Waals surface area contributed by atoms with Gasteiger partial charge >= 0.3 is 5.97 Å². The molecule has 0 N–H and O–H groups in total. The quantitative estimate of drug-likeness (QED) is 0.465. The van der Waals surface area contributed by atoms with Crippen molar-refractivity contribution in [2.24, 2.45) is 11.8 Å². The Morgan fingerprint density at radius 2 is 1.59 bits per heavy atom. The van der Waals surface area contributed by atoms with E-state index in [9.17, 15) is 14.4 Å². The third-order valence-electron chi connectivity index (χ3n) is 6.90. The molecule has 0 unspecified atom stereocenters. The first-order chi connectivity index (χ1) is 15.6. The lowest BCUT2D eigenvalue weighted by atomic mass is 9.84. The van der Waals surface area contributed by atoms with Gasteiger partial charge in [-0.2, -0.15) is 0 Å². The van der Waals surface area contributed by atoms with Crippen LogP contribution >= 0.6 is 0 Å². The van der Waals surface area contributed by atoms with Crippen LogP contribution in [0.3, 0.4) is 0 Å². The van der Waals surface area contributed by atoms with Gasteiger partial charge in [-0.05, 0) is 40.1 Å². The highest BCUT2D eigenvalue weighted by Crippen LogP contribution is 2.53. The normalized spacial score (nSPS) is 25.7. The molecule has 6 nitrogen and oxygen atoms in total. The maximum Gasteiger partial charge on any atom is 0.329 e. The van der Waals surface area contributed by atoms with Gasteiger partial charge in [-0.25, -0.2) is 9.69 Å². The van der Waals surface area contributed by atoms with Gasteiger partial charge in [0, 0.05) is 6.20 Å². The molecular weight excluding hydrogens is 404 g/mol. The predicted molar refractivity (Wildman–Crippen MR) is 119 cm³/mol. The lowest BCUT2D eigenvalue weighted by molar-refractivity contribution is -0.148. The molecule has 3 aliphatic heterocycles. The summed E-state index contributed by atoms with van der Waals surface area (Å²) in [6, 6.07) is 19.9. The van der Waals surface area contributed by atoms with E-state index < -0.39 is 29.9 Å². The van der Waals surface area contributed by atoms with Crippen molar-refractivity contribution in [1.82, 2.24) is 4.90 Å². The summed E-state index contributed by atoms with van der Waals surface area (Å²) in [6.07, 6.45) is 3.73. The second-order valence-electron chi connectivity index (χ2n) is 8.40. The highest BCUT2D eigenvalue weighted by atomic mass is 16.5. The van der Waals surface area contributed by atoms with Gasteiger partial charge in [0.15, 0.2) is 0 Å². The van der Waals surface area contributed by atoms with E-state index in [1.54, 1.807) is 6.07 Å². The lowest BCUT2D eigenvalue weighted by Gasteiger charge is -2.34. The summed E-state index contributed by atoms with van der Waals surface area (Å²) in [5.41, 5.74) is 2.46. The molecule has 158 valence electrons. The summed E-state index contributed by atoms with van der Waals surface area (Å²) in [6.45, 7) is 0. The van der Waals surface area contributed by atoms with Crippen LogP contribution in [0.4, 0.5) is 5.69 Å². The minimum atomic E-state index is -0.846. The van der Waals surface area contributed by atoms with Crippen molar-refractivity contribution in [3.05, 3.63) is 84.1 Å². The smallest absolute Gasteiger partial charge is 0.329 e. The second kappa shape index (κ2) is 6.79. The monoisotopic (exact) mass is 424 g/mol. The number of benzene rings is 3. The Balaban J connectivity index is 1.49. The number of carbonyl (C=O) groups excluding carboxylic acids is 3. The molecule has 32 heavy (non-hydrogen) atoms. The maximum atomic E-state index is 13.8. The number of imide groups is 1. The Bertz CT molecular complexity index is 1330. The standard InChI is InChI=1S/C26H20N2O4/c1-32-26(31)23-21-20(22-19-9-5-4-7-16(19)12-13-27(22)23)24(29)28(25(21)30)18-11-10-15-6-2-3-8-17(15)14-18/h2-14,20-23H,1H3/t20-,21+,22-,23-/m0/s1. The molecule has 0 bridgehead atoms. The van der Waals surface area contributed by atoms with Crippen molar-refractivity contribution in [3.63, 3.8) is 0 Å². The zero-order valence-electron chi connectivity index (χ0n) is 17.3. The third kappa shape index (κ3) is 2.43. The largest absolute Gasteiger partial charge is 0.467 e. The molecule has 0 spiro atoms. The molecule has 0 aromatic heterocycles. The SMILES string of the molecule is COC(=O)[C@@H]1[C@@H]2C(=O)N(c3ccc4ccccc4c3)C(=O)[C@@H]2[C@@H]2c3ccccc3C=CN12. The highest BCUT2D eigenvalue weighted by molar-refractivity contribution is 6.24. The minimum Gasteiger partial charge on any atom is -0.467 e. The van der Waals surface area contributed by atoms with Crippen molar-refractivity contribution in [2.75, 3.05) is 12.0 Å². The number of hydrogen-bond donors (Lipinski definition) is 0. The summed E-state index contributed by atoms with van der Waals surface area (Å²) in [7, 11) is 1.31. The highest BCUT2D eigenvalue weighted by Gasteiger charge is 2.65. The van der Waals surface area contributed by atoms with E-state index in [4.69, 9.17) is 4.74 Å². The van der Waals surface area contributed by atoms with Crippen LogP contribution in [-0.2, 0) is 19.1 Å². The third-order valence-corrected chi connectivity index (χ3v) is 6.90. The number of methoxy groups -OCH3 is 1. The molecule has 2 saturated heterocycles. The molecule has 0 aliphatic carbocycles. The number of hydrogen-bond acceptors (Lipinski definition) is 5. The molecule has 6 heteroatoms. The zero-order valence-corrected chi connectivity index (χ0v) is 17.3. The fourth-order valence-corrected chi connectivity index (χ4v) is 5.52. The van der Waals surface area contributed by atoms with Gasteiger partial charge in [0.1, 0.15) is 6.04 Å². The first kappa shape index (κ1) is 18.8. The van der Waals surface area contributed by atoms with E-state index in [-0.39, 0.29) is 11.8 Å². The molecule has 6 rings (SSSR count). The fraction of sp³-hybridized carbons (Fsp3) is 0.192. The van der Waals surface area contributed by atoms with Crippen molar-refractivity contribution in [1.29, 1.82) is 0 Å². The fourth-order valence-electron chi connectivity index (χ4n) is 5.52. The summed E-state index contributed by atoms with van der Waals surface area (Å²) in [5.74, 6) is -2.60. The van der Waals surface area contributed by atoms with Gasteiger partial charge in [0.05, 0.1) is 30.7 Å². The van der Waals surface area contributed by atoms with Gasteiger partial charge in [-0.1, -0.05) is 54.6 Å². The van der Waals surface area contributed by atoms with Gasteiger partial charge in [-0.15, -0.1) is 0 Å². The average molecular weight is 424 g/mol. The van der Waals surface area contributed by atoms with Crippen LogP contribution in [0.2, 0.25) is 0 Å². The van der Waals surface area contributed by atoms with E-state index in [0.717, 1.165) is 21.9 Å². The Morgan fingerprint density at radius 1 is 0.875 bits per heavy atom. The number of carbonyl (C=O) groups is 3. The molecule has 3 heterocycles. The molecule has 0 saturated carbocycles. The van der Waals surface area contributed by atoms with Crippen LogP contribution in [0.5, 0.6) is 0 Å². The predicted octanol–water partition coefficient (Wildman–Crippen LogP) is 3.53. The lowest BCUT2D eigenvalue weighted by Crippen LogP contribution is -2.44. The van der Waals surface area contributed by atoms with E-state index in [2.05, 4.69) is 0 Å². The molecule has 3 aromatic rings. The summed E-state index contributed by atoms with van der Waals surface area (Å²) in [4.78, 5) is 43.3. The topological polar surface area (TPSA) is 66.9 Å². The minimum absolute atomic E-state index is 0.276. The van der Waals surface area contributed by atoms with E-state index in [1.807, 2.05) is 77.8 Å². The van der Waals surface area contributed by atoms with Crippen LogP contribution in [0, 0.1) is 11.8 Å².